The SMILES string of the molecule is CC[C@@H](C)N(CC(=O)N1CCc2sccc2[C@@H]1COc1ccccc1OC)C(=O)Nc1cccc(Cl)c1. The summed E-state index contributed by atoms with van der Waals surface area (Å²) in [5.41, 5.74) is 1.68. The van der Waals surface area contributed by atoms with E-state index in [1.807, 2.05) is 43.0 Å². The number of urea groups is 1. The summed E-state index contributed by atoms with van der Waals surface area (Å²) >= 11 is 7.78. The maximum Gasteiger partial charge on any atom is 0.322 e. The van der Waals surface area contributed by atoms with E-state index in [1.165, 1.54) is 4.88 Å². The molecule has 0 bridgehead atoms. The summed E-state index contributed by atoms with van der Waals surface area (Å²) in [6.07, 6.45) is 1.49. The van der Waals surface area contributed by atoms with Gasteiger partial charge in [-0.25, -0.2) is 4.79 Å². The Morgan fingerprint density at radius 2 is 1.97 bits per heavy atom. The van der Waals surface area contributed by atoms with Crippen LogP contribution >= 0.6 is 22.9 Å². The first-order valence-electron chi connectivity index (χ1n) is 12.4. The van der Waals surface area contributed by atoms with Gasteiger partial charge >= 0.3 is 6.03 Å². The minimum Gasteiger partial charge on any atom is -0.493 e. The third kappa shape index (κ3) is 6.37. The zero-order chi connectivity index (χ0) is 26.4. The van der Waals surface area contributed by atoms with Crippen LogP contribution in [0, 0.1) is 0 Å². The smallest absolute Gasteiger partial charge is 0.322 e. The van der Waals surface area contributed by atoms with E-state index in [1.54, 1.807) is 47.6 Å². The number of methoxy groups -OCH3 is 1. The van der Waals surface area contributed by atoms with E-state index in [2.05, 4.69) is 16.8 Å². The van der Waals surface area contributed by atoms with Crippen molar-refractivity contribution in [3.8, 4) is 11.5 Å². The zero-order valence-corrected chi connectivity index (χ0v) is 22.8. The molecule has 1 aliphatic heterocycles. The second kappa shape index (κ2) is 12.3. The number of benzene rings is 2. The lowest BCUT2D eigenvalue weighted by Crippen LogP contribution is -2.50. The summed E-state index contributed by atoms with van der Waals surface area (Å²) < 4.78 is 11.6. The Bertz CT molecular complexity index is 1230. The molecule has 0 unspecified atom stereocenters. The average molecular weight is 542 g/mol. The topological polar surface area (TPSA) is 71.1 Å². The fourth-order valence-corrected chi connectivity index (χ4v) is 5.55. The fourth-order valence-electron chi connectivity index (χ4n) is 4.43. The highest BCUT2D eigenvalue weighted by molar-refractivity contribution is 7.10. The fraction of sp³-hybridized carbons (Fsp3) is 0.357. The van der Waals surface area contributed by atoms with E-state index >= 15 is 0 Å². The standard InChI is InChI=1S/C28H32ClN3O4S/c1-4-19(2)32(28(34)30-21-9-7-8-20(29)16-21)17-27(33)31-14-12-26-22(13-15-37-26)23(31)18-36-25-11-6-5-10-24(25)35-3/h5-11,13,15-16,19,23H,4,12,14,17-18H2,1-3H3,(H,30,34)/t19-,23+/m1/s1. The van der Waals surface area contributed by atoms with E-state index in [0.717, 1.165) is 12.0 Å². The van der Waals surface area contributed by atoms with Gasteiger partial charge in [-0.05, 0) is 67.1 Å². The number of nitrogens with zero attached hydrogens (tertiary/aromatic N) is 2. The number of anilines is 1. The largest absolute Gasteiger partial charge is 0.493 e. The number of amides is 3. The van der Waals surface area contributed by atoms with E-state index in [4.69, 9.17) is 21.1 Å². The summed E-state index contributed by atoms with van der Waals surface area (Å²) in [4.78, 5) is 31.6. The number of ether oxygens (including phenoxy) is 2. The van der Waals surface area contributed by atoms with Crippen LogP contribution in [-0.4, -0.2) is 54.6 Å². The number of carbonyl (C=O) groups is 2. The summed E-state index contributed by atoms with van der Waals surface area (Å²) in [6.45, 7) is 4.76. The number of nitrogens with one attached hydrogen (secondary N) is 1. The lowest BCUT2D eigenvalue weighted by atomic mass is 10.00. The molecule has 0 aliphatic carbocycles. The van der Waals surface area contributed by atoms with E-state index in [0.29, 0.717) is 35.2 Å². The molecule has 3 aromatic rings. The number of fused-ring (bicyclic) bond motifs is 1. The van der Waals surface area contributed by atoms with Crippen LogP contribution in [0.4, 0.5) is 10.5 Å². The summed E-state index contributed by atoms with van der Waals surface area (Å²) in [7, 11) is 1.60. The maximum absolute atomic E-state index is 13.7. The van der Waals surface area contributed by atoms with Crippen molar-refractivity contribution in [2.75, 3.05) is 32.1 Å². The van der Waals surface area contributed by atoms with Crippen molar-refractivity contribution in [3.63, 3.8) is 0 Å². The Balaban J connectivity index is 1.52. The second-order valence-corrected chi connectivity index (χ2v) is 10.4. The van der Waals surface area contributed by atoms with Crippen molar-refractivity contribution in [1.29, 1.82) is 0 Å². The van der Waals surface area contributed by atoms with Crippen molar-refractivity contribution in [2.24, 2.45) is 0 Å². The van der Waals surface area contributed by atoms with E-state index in [9.17, 15) is 9.59 Å². The molecular formula is C28H32ClN3O4S. The Labute approximate surface area is 226 Å². The zero-order valence-electron chi connectivity index (χ0n) is 21.3. The predicted octanol–water partition coefficient (Wildman–Crippen LogP) is 6.25. The van der Waals surface area contributed by atoms with Crippen LogP contribution in [0.3, 0.4) is 0 Å². The van der Waals surface area contributed by atoms with Crippen LogP contribution in [0.5, 0.6) is 11.5 Å². The molecule has 0 saturated carbocycles. The van der Waals surface area contributed by atoms with Gasteiger partial charge in [-0.2, -0.15) is 0 Å². The molecule has 0 radical (unpaired) electrons. The summed E-state index contributed by atoms with van der Waals surface area (Å²) in [5.74, 6) is 1.15. The van der Waals surface area contributed by atoms with Crippen molar-refractivity contribution >= 4 is 40.6 Å². The van der Waals surface area contributed by atoms with Crippen LogP contribution in [0.25, 0.3) is 0 Å². The van der Waals surface area contributed by atoms with Gasteiger partial charge in [0.15, 0.2) is 11.5 Å². The van der Waals surface area contributed by atoms with E-state index in [-0.39, 0.29) is 37.2 Å². The molecule has 2 atom stereocenters. The number of rotatable bonds is 9. The average Bonchev–Trinajstić information content (AvgIpc) is 3.39. The van der Waals surface area contributed by atoms with Gasteiger partial charge in [0, 0.05) is 28.2 Å². The minimum atomic E-state index is -0.333. The molecular weight excluding hydrogens is 510 g/mol. The molecule has 196 valence electrons. The molecule has 2 heterocycles. The van der Waals surface area contributed by atoms with Crippen molar-refractivity contribution < 1.29 is 19.1 Å². The summed E-state index contributed by atoms with van der Waals surface area (Å²) in [6, 6.07) is 15.8. The van der Waals surface area contributed by atoms with Crippen molar-refractivity contribution in [1.82, 2.24) is 9.80 Å². The Morgan fingerprint density at radius 3 is 2.70 bits per heavy atom. The van der Waals surface area contributed by atoms with Crippen LogP contribution in [-0.2, 0) is 11.2 Å². The number of carbonyl (C=O) groups excluding carboxylic acids is 2. The molecule has 0 saturated heterocycles. The Kier molecular flexibility index (Phi) is 8.95. The molecule has 1 N–H and O–H groups in total. The predicted molar refractivity (Wildman–Crippen MR) is 148 cm³/mol. The molecule has 3 amide bonds. The quantitative estimate of drug-likeness (QED) is 0.348. The first kappa shape index (κ1) is 26.8. The normalized spacial score (nSPS) is 15.5. The number of halogens is 1. The van der Waals surface area contributed by atoms with E-state index < -0.39 is 0 Å². The molecule has 9 heteroatoms. The summed E-state index contributed by atoms with van der Waals surface area (Å²) in [5, 5.41) is 5.47. The maximum atomic E-state index is 13.7. The first-order valence-corrected chi connectivity index (χ1v) is 13.6. The highest BCUT2D eigenvalue weighted by Crippen LogP contribution is 2.35. The molecule has 0 fully saturated rings. The highest BCUT2D eigenvalue weighted by atomic mass is 35.5. The van der Waals surface area contributed by atoms with Gasteiger partial charge in [0.1, 0.15) is 13.2 Å². The van der Waals surface area contributed by atoms with Gasteiger partial charge < -0.3 is 24.6 Å². The van der Waals surface area contributed by atoms with Gasteiger partial charge in [-0.15, -0.1) is 11.3 Å². The molecule has 37 heavy (non-hydrogen) atoms. The van der Waals surface area contributed by atoms with Gasteiger partial charge in [0.25, 0.3) is 0 Å². The third-order valence-corrected chi connectivity index (χ3v) is 7.88. The van der Waals surface area contributed by atoms with Crippen LogP contribution in [0.15, 0.2) is 60.0 Å². The number of thiophene rings is 1. The van der Waals surface area contributed by atoms with Crippen molar-refractivity contribution in [3.05, 3.63) is 75.4 Å². The number of hydrogen-bond acceptors (Lipinski definition) is 5. The number of para-hydroxylation sites is 2. The van der Waals surface area contributed by atoms with Crippen LogP contribution in [0.2, 0.25) is 5.02 Å². The van der Waals surface area contributed by atoms with Crippen LogP contribution in [0.1, 0.15) is 36.8 Å². The van der Waals surface area contributed by atoms with Gasteiger partial charge in [0.2, 0.25) is 5.91 Å². The Hall–Kier alpha value is -3.23. The van der Waals surface area contributed by atoms with Crippen LogP contribution < -0.4 is 14.8 Å². The number of hydrogen-bond donors (Lipinski definition) is 1. The lowest BCUT2D eigenvalue weighted by molar-refractivity contribution is -0.135. The third-order valence-electron chi connectivity index (χ3n) is 6.65. The van der Waals surface area contributed by atoms with Gasteiger partial charge in [0.05, 0.1) is 13.2 Å². The lowest BCUT2D eigenvalue weighted by Gasteiger charge is -2.38. The molecule has 0 spiro atoms. The van der Waals surface area contributed by atoms with Gasteiger partial charge in [-0.1, -0.05) is 36.7 Å². The molecule has 7 nitrogen and oxygen atoms in total. The highest BCUT2D eigenvalue weighted by Gasteiger charge is 2.34. The molecule has 1 aromatic heterocycles. The van der Waals surface area contributed by atoms with Gasteiger partial charge in [-0.3, -0.25) is 4.79 Å². The monoisotopic (exact) mass is 541 g/mol. The minimum absolute atomic E-state index is 0.0357. The molecule has 4 rings (SSSR count). The molecule has 1 aliphatic rings. The van der Waals surface area contributed by atoms with Crippen molar-refractivity contribution in [2.45, 2.75) is 38.8 Å². The first-order chi connectivity index (χ1) is 17.9. The Morgan fingerprint density at radius 1 is 1.19 bits per heavy atom. The second-order valence-electron chi connectivity index (χ2n) is 8.94. The molecule has 2 aromatic carbocycles.